The first-order valence-corrected chi connectivity index (χ1v) is 10.5. The minimum atomic E-state index is 0.567. The van der Waals surface area contributed by atoms with E-state index < -0.39 is 0 Å². The molecule has 0 radical (unpaired) electrons. The molecule has 0 amide bonds. The smallest absolute Gasteiger partial charge is 0.100 e. The Labute approximate surface area is 173 Å². The van der Waals surface area contributed by atoms with Gasteiger partial charge in [0.15, 0.2) is 0 Å². The Balaban J connectivity index is 1.49. The van der Waals surface area contributed by atoms with Gasteiger partial charge in [0.1, 0.15) is 6.33 Å². The number of imidazole rings is 1. The SMILES string of the molecule is CCCc1ccc(-n2cnc3cc(NCc4ccc(C(C)C)cc4)ccc32)cc1. The Morgan fingerprint density at radius 2 is 1.62 bits per heavy atom. The van der Waals surface area contributed by atoms with Gasteiger partial charge in [-0.1, -0.05) is 63.6 Å². The number of benzene rings is 3. The minimum Gasteiger partial charge on any atom is -0.381 e. The maximum Gasteiger partial charge on any atom is 0.100 e. The molecule has 3 heteroatoms. The van der Waals surface area contributed by atoms with E-state index in [1.54, 1.807) is 0 Å². The zero-order valence-electron chi connectivity index (χ0n) is 17.5. The predicted molar refractivity (Wildman–Crippen MR) is 123 cm³/mol. The molecule has 29 heavy (non-hydrogen) atoms. The van der Waals surface area contributed by atoms with Gasteiger partial charge < -0.3 is 5.32 Å². The molecule has 0 atom stereocenters. The number of anilines is 1. The minimum absolute atomic E-state index is 0.567. The zero-order valence-corrected chi connectivity index (χ0v) is 17.5. The molecular formula is C26H29N3. The fourth-order valence-electron chi connectivity index (χ4n) is 3.66. The third kappa shape index (κ3) is 4.34. The molecule has 0 saturated heterocycles. The number of hydrogen-bond acceptors (Lipinski definition) is 2. The van der Waals surface area contributed by atoms with Gasteiger partial charge >= 0.3 is 0 Å². The molecule has 0 aliphatic heterocycles. The molecule has 1 heterocycles. The molecule has 4 aromatic rings. The van der Waals surface area contributed by atoms with Crippen LogP contribution in [-0.2, 0) is 13.0 Å². The molecule has 1 aromatic heterocycles. The fraction of sp³-hybridized carbons (Fsp3) is 0.269. The summed E-state index contributed by atoms with van der Waals surface area (Å²) in [6, 6.07) is 24.0. The number of hydrogen-bond donors (Lipinski definition) is 1. The Morgan fingerprint density at radius 1 is 0.897 bits per heavy atom. The third-order valence-electron chi connectivity index (χ3n) is 5.44. The van der Waals surface area contributed by atoms with Crippen molar-refractivity contribution in [1.82, 2.24) is 9.55 Å². The lowest BCUT2D eigenvalue weighted by Gasteiger charge is -2.10. The molecule has 0 saturated carbocycles. The molecule has 0 aliphatic rings. The van der Waals surface area contributed by atoms with Gasteiger partial charge in [-0.15, -0.1) is 0 Å². The molecule has 1 N–H and O–H groups in total. The van der Waals surface area contributed by atoms with Crippen LogP contribution in [0.1, 0.15) is 49.8 Å². The van der Waals surface area contributed by atoms with Gasteiger partial charge in [-0.25, -0.2) is 4.98 Å². The van der Waals surface area contributed by atoms with Crippen molar-refractivity contribution in [2.45, 2.75) is 46.1 Å². The van der Waals surface area contributed by atoms with Crippen LogP contribution >= 0.6 is 0 Å². The summed E-state index contributed by atoms with van der Waals surface area (Å²) in [6.07, 6.45) is 4.21. The van der Waals surface area contributed by atoms with Crippen molar-refractivity contribution in [3.8, 4) is 5.69 Å². The van der Waals surface area contributed by atoms with Crippen LogP contribution in [0.25, 0.3) is 16.7 Å². The molecule has 0 spiro atoms. The number of rotatable bonds is 7. The van der Waals surface area contributed by atoms with E-state index in [-0.39, 0.29) is 0 Å². The van der Waals surface area contributed by atoms with Gasteiger partial charge in [0.05, 0.1) is 11.0 Å². The fourth-order valence-corrected chi connectivity index (χ4v) is 3.66. The Kier molecular flexibility index (Phi) is 5.66. The van der Waals surface area contributed by atoms with E-state index >= 15 is 0 Å². The van der Waals surface area contributed by atoms with Crippen molar-refractivity contribution < 1.29 is 0 Å². The second kappa shape index (κ2) is 8.52. The molecule has 0 bridgehead atoms. The van der Waals surface area contributed by atoms with Crippen molar-refractivity contribution in [3.63, 3.8) is 0 Å². The summed E-state index contributed by atoms with van der Waals surface area (Å²) in [5, 5.41) is 3.52. The van der Waals surface area contributed by atoms with E-state index in [4.69, 9.17) is 0 Å². The maximum absolute atomic E-state index is 4.62. The van der Waals surface area contributed by atoms with Gasteiger partial charge in [0.2, 0.25) is 0 Å². The summed E-state index contributed by atoms with van der Waals surface area (Å²) in [7, 11) is 0. The standard InChI is InChI=1S/C26H29N3/c1-4-5-20-8-13-24(14-9-20)29-18-28-25-16-23(12-15-26(25)29)27-17-21-6-10-22(11-7-21)19(2)3/h6-16,18-19,27H,4-5,17H2,1-3H3. The van der Waals surface area contributed by atoms with Crippen LogP contribution in [0.4, 0.5) is 5.69 Å². The first kappa shape index (κ1) is 19.3. The van der Waals surface area contributed by atoms with Crippen LogP contribution in [0, 0.1) is 0 Å². The van der Waals surface area contributed by atoms with E-state index in [9.17, 15) is 0 Å². The van der Waals surface area contributed by atoms with Gasteiger partial charge in [0.25, 0.3) is 0 Å². The average Bonchev–Trinajstić information content (AvgIpc) is 3.16. The van der Waals surface area contributed by atoms with Crippen molar-refractivity contribution in [1.29, 1.82) is 0 Å². The van der Waals surface area contributed by atoms with Crippen molar-refractivity contribution in [2.75, 3.05) is 5.32 Å². The monoisotopic (exact) mass is 383 g/mol. The van der Waals surface area contributed by atoms with Gasteiger partial charge in [-0.2, -0.15) is 0 Å². The molecule has 148 valence electrons. The van der Waals surface area contributed by atoms with Crippen LogP contribution in [-0.4, -0.2) is 9.55 Å². The lowest BCUT2D eigenvalue weighted by atomic mass is 10.0. The number of aryl methyl sites for hydroxylation is 1. The number of nitrogens with one attached hydrogen (secondary N) is 1. The average molecular weight is 384 g/mol. The highest BCUT2D eigenvalue weighted by Gasteiger charge is 2.06. The molecule has 3 aromatic carbocycles. The Bertz CT molecular complexity index is 1070. The molecule has 0 fully saturated rings. The van der Waals surface area contributed by atoms with Crippen molar-refractivity contribution >= 4 is 16.7 Å². The molecule has 3 nitrogen and oxygen atoms in total. The first-order valence-electron chi connectivity index (χ1n) is 10.5. The van der Waals surface area contributed by atoms with Gasteiger partial charge in [-0.3, -0.25) is 4.57 Å². The molecular weight excluding hydrogens is 354 g/mol. The highest BCUT2D eigenvalue weighted by molar-refractivity contribution is 5.81. The highest BCUT2D eigenvalue weighted by Crippen LogP contribution is 2.23. The summed E-state index contributed by atoms with van der Waals surface area (Å²) >= 11 is 0. The van der Waals surface area contributed by atoms with Crippen molar-refractivity contribution in [3.05, 3.63) is 89.7 Å². The summed E-state index contributed by atoms with van der Waals surface area (Å²) in [5.41, 5.74) is 8.42. The second-order valence-electron chi connectivity index (χ2n) is 7.98. The Hall–Kier alpha value is -3.07. The Morgan fingerprint density at radius 3 is 2.31 bits per heavy atom. The zero-order chi connectivity index (χ0) is 20.2. The van der Waals surface area contributed by atoms with Gasteiger partial charge in [0, 0.05) is 17.9 Å². The van der Waals surface area contributed by atoms with Crippen LogP contribution in [0.3, 0.4) is 0 Å². The highest BCUT2D eigenvalue weighted by atomic mass is 15.0. The van der Waals surface area contributed by atoms with E-state index in [1.807, 2.05) is 6.33 Å². The number of fused-ring (bicyclic) bond motifs is 1. The normalized spacial score (nSPS) is 11.3. The van der Waals surface area contributed by atoms with Crippen molar-refractivity contribution in [2.24, 2.45) is 0 Å². The van der Waals surface area contributed by atoms with E-state index in [0.717, 1.165) is 35.4 Å². The van der Waals surface area contributed by atoms with Gasteiger partial charge in [-0.05, 0) is 59.4 Å². The van der Waals surface area contributed by atoms with Crippen LogP contribution < -0.4 is 5.32 Å². The van der Waals surface area contributed by atoms with Crippen LogP contribution in [0.5, 0.6) is 0 Å². The van der Waals surface area contributed by atoms with Crippen LogP contribution in [0.15, 0.2) is 73.1 Å². The quantitative estimate of drug-likeness (QED) is 0.384. The molecule has 4 rings (SSSR count). The molecule has 0 aliphatic carbocycles. The largest absolute Gasteiger partial charge is 0.381 e. The lowest BCUT2D eigenvalue weighted by Crippen LogP contribution is -2.00. The summed E-state index contributed by atoms with van der Waals surface area (Å²) in [6.45, 7) is 7.47. The topological polar surface area (TPSA) is 29.9 Å². The molecule has 0 unspecified atom stereocenters. The maximum atomic E-state index is 4.62. The predicted octanol–water partition coefficient (Wildman–Crippen LogP) is 6.71. The number of nitrogens with zero attached hydrogens (tertiary/aromatic N) is 2. The lowest BCUT2D eigenvalue weighted by molar-refractivity contribution is 0.865. The van der Waals surface area contributed by atoms with E-state index in [1.165, 1.54) is 23.1 Å². The number of aromatic nitrogens is 2. The summed E-state index contributed by atoms with van der Waals surface area (Å²) in [5.74, 6) is 0.567. The summed E-state index contributed by atoms with van der Waals surface area (Å²) in [4.78, 5) is 4.62. The summed E-state index contributed by atoms with van der Waals surface area (Å²) < 4.78 is 2.15. The third-order valence-corrected chi connectivity index (χ3v) is 5.44. The first-order chi connectivity index (χ1) is 14.1. The van der Waals surface area contributed by atoms with E-state index in [0.29, 0.717) is 5.92 Å². The van der Waals surface area contributed by atoms with E-state index in [2.05, 4.69) is 102 Å². The second-order valence-corrected chi connectivity index (χ2v) is 7.98. The van der Waals surface area contributed by atoms with Crippen LogP contribution in [0.2, 0.25) is 0 Å².